The van der Waals surface area contributed by atoms with Gasteiger partial charge in [0.05, 0.1) is 18.4 Å². The quantitative estimate of drug-likeness (QED) is 0.636. The van der Waals surface area contributed by atoms with Crippen molar-refractivity contribution in [3.63, 3.8) is 0 Å². The molecule has 0 unspecified atom stereocenters. The highest BCUT2D eigenvalue weighted by Gasteiger charge is 2.14. The number of rotatable bonds is 1. The summed E-state index contributed by atoms with van der Waals surface area (Å²) in [6.07, 6.45) is 1.45. The third-order valence-electron chi connectivity index (χ3n) is 2.12. The lowest BCUT2D eigenvalue weighted by Gasteiger charge is -2.03. The highest BCUT2D eigenvalue weighted by atomic mass is 16.5. The molecule has 15 heavy (non-hydrogen) atoms. The lowest BCUT2D eigenvalue weighted by Crippen LogP contribution is -2.09. The van der Waals surface area contributed by atoms with Gasteiger partial charge in [-0.2, -0.15) is 10.1 Å². The van der Waals surface area contributed by atoms with Crippen LogP contribution in [0.2, 0.25) is 0 Å². The molecule has 0 atom stereocenters. The van der Waals surface area contributed by atoms with Crippen LogP contribution < -0.4 is 0 Å². The molecule has 6 nitrogen and oxygen atoms in total. The average molecular weight is 206 g/mol. The summed E-state index contributed by atoms with van der Waals surface area (Å²) in [5.41, 5.74) is 1.07. The molecule has 0 N–H and O–H groups in total. The molecular weight excluding hydrogens is 196 g/mol. The van der Waals surface area contributed by atoms with Crippen molar-refractivity contribution < 1.29 is 9.53 Å². The van der Waals surface area contributed by atoms with Crippen LogP contribution in [0, 0.1) is 13.8 Å². The van der Waals surface area contributed by atoms with Crippen LogP contribution in [0.1, 0.15) is 21.9 Å². The fraction of sp³-hybridized carbons (Fsp3) is 0.333. The van der Waals surface area contributed by atoms with Crippen molar-refractivity contribution >= 4 is 11.7 Å². The molecule has 0 aliphatic heterocycles. The zero-order valence-electron chi connectivity index (χ0n) is 8.68. The van der Waals surface area contributed by atoms with Crippen molar-refractivity contribution in [3.05, 3.63) is 23.3 Å². The van der Waals surface area contributed by atoms with Crippen molar-refractivity contribution in [2.75, 3.05) is 7.11 Å². The van der Waals surface area contributed by atoms with Crippen LogP contribution in [-0.2, 0) is 4.74 Å². The molecule has 0 radical (unpaired) electrons. The maximum Gasteiger partial charge on any atom is 0.341 e. The molecule has 2 aromatic heterocycles. The van der Waals surface area contributed by atoms with Crippen LogP contribution in [-0.4, -0.2) is 32.7 Å². The van der Waals surface area contributed by atoms with Crippen molar-refractivity contribution in [2.24, 2.45) is 0 Å². The summed E-state index contributed by atoms with van der Waals surface area (Å²) in [7, 11) is 1.33. The number of methoxy groups -OCH3 is 1. The number of ether oxygens (including phenoxy) is 1. The topological polar surface area (TPSA) is 69.4 Å². The molecule has 0 amide bonds. The van der Waals surface area contributed by atoms with Gasteiger partial charge < -0.3 is 4.74 Å². The largest absolute Gasteiger partial charge is 0.465 e. The summed E-state index contributed by atoms with van der Waals surface area (Å²) in [6, 6.07) is 0. The van der Waals surface area contributed by atoms with E-state index in [-0.39, 0.29) is 0 Å². The highest BCUT2D eigenvalue weighted by Crippen LogP contribution is 2.09. The van der Waals surface area contributed by atoms with E-state index < -0.39 is 5.97 Å². The molecule has 0 aliphatic rings. The molecule has 0 aromatic carbocycles. The van der Waals surface area contributed by atoms with E-state index >= 15 is 0 Å². The Bertz CT molecular complexity index is 532. The van der Waals surface area contributed by atoms with E-state index in [1.165, 1.54) is 17.8 Å². The monoisotopic (exact) mass is 206 g/mol. The predicted molar refractivity (Wildman–Crippen MR) is 51.6 cm³/mol. The van der Waals surface area contributed by atoms with Gasteiger partial charge in [0.2, 0.25) is 0 Å². The Kier molecular flexibility index (Phi) is 2.11. The zero-order chi connectivity index (χ0) is 11.0. The first-order valence-corrected chi connectivity index (χ1v) is 4.41. The second-order valence-corrected chi connectivity index (χ2v) is 3.12. The summed E-state index contributed by atoms with van der Waals surface area (Å²) in [4.78, 5) is 19.5. The van der Waals surface area contributed by atoms with Gasteiger partial charge in [-0.3, -0.25) is 0 Å². The van der Waals surface area contributed by atoms with E-state index in [0.29, 0.717) is 22.9 Å². The van der Waals surface area contributed by atoms with Crippen LogP contribution in [0.5, 0.6) is 0 Å². The summed E-state index contributed by atoms with van der Waals surface area (Å²) in [5.74, 6) is 0.681. The Morgan fingerprint density at radius 3 is 2.87 bits per heavy atom. The summed E-state index contributed by atoms with van der Waals surface area (Å²) < 4.78 is 6.16. The fourth-order valence-electron chi connectivity index (χ4n) is 1.35. The first-order chi connectivity index (χ1) is 7.13. The molecule has 0 saturated heterocycles. The van der Waals surface area contributed by atoms with E-state index in [2.05, 4.69) is 19.8 Å². The molecule has 0 bridgehead atoms. The van der Waals surface area contributed by atoms with Gasteiger partial charge in [0, 0.05) is 6.20 Å². The number of esters is 1. The zero-order valence-corrected chi connectivity index (χ0v) is 8.68. The van der Waals surface area contributed by atoms with E-state index in [0.717, 1.165) is 0 Å². The maximum atomic E-state index is 11.4. The summed E-state index contributed by atoms with van der Waals surface area (Å²) in [6.45, 7) is 3.54. The number of carbonyl (C=O) groups is 1. The van der Waals surface area contributed by atoms with Crippen LogP contribution in [0.3, 0.4) is 0 Å². The molecular formula is C9H10N4O2. The third-order valence-corrected chi connectivity index (χ3v) is 2.12. The Balaban J connectivity index is 2.69. The van der Waals surface area contributed by atoms with E-state index in [1.807, 2.05) is 0 Å². The number of carbonyl (C=O) groups excluding carboxylic acids is 1. The Morgan fingerprint density at radius 1 is 1.47 bits per heavy atom. The normalized spacial score (nSPS) is 10.6. The van der Waals surface area contributed by atoms with E-state index in [4.69, 9.17) is 0 Å². The standard InChI is InChI=1S/C9H10N4O2/c1-5-7(8(14)15-3)4-10-9-11-6(2)12-13(5)9/h4H,1-3H3. The number of fused-ring (bicyclic) bond motifs is 1. The molecule has 2 aromatic rings. The average Bonchev–Trinajstić information content (AvgIpc) is 2.59. The van der Waals surface area contributed by atoms with Crippen LogP contribution in [0.25, 0.3) is 5.78 Å². The minimum atomic E-state index is -0.421. The Morgan fingerprint density at radius 2 is 2.20 bits per heavy atom. The number of aryl methyl sites for hydroxylation is 2. The minimum Gasteiger partial charge on any atom is -0.465 e. The molecule has 78 valence electrons. The molecule has 0 spiro atoms. The first-order valence-electron chi connectivity index (χ1n) is 4.41. The first kappa shape index (κ1) is 9.57. The van der Waals surface area contributed by atoms with Gasteiger partial charge in [-0.25, -0.2) is 14.3 Å². The van der Waals surface area contributed by atoms with Gasteiger partial charge in [-0.05, 0) is 13.8 Å². The van der Waals surface area contributed by atoms with Gasteiger partial charge in [-0.15, -0.1) is 0 Å². The summed E-state index contributed by atoms with van der Waals surface area (Å²) in [5, 5.41) is 4.13. The van der Waals surface area contributed by atoms with Gasteiger partial charge in [0.15, 0.2) is 0 Å². The third kappa shape index (κ3) is 1.43. The van der Waals surface area contributed by atoms with Gasteiger partial charge in [0.25, 0.3) is 5.78 Å². The molecule has 0 saturated carbocycles. The Hall–Kier alpha value is -1.98. The number of hydrogen-bond acceptors (Lipinski definition) is 5. The smallest absolute Gasteiger partial charge is 0.341 e. The van der Waals surface area contributed by atoms with Crippen LogP contribution in [0.4, 0.5) is 0 Å². The van der Waals surface area contributed by atoms with Crippen LogP contribution >= 0.6 is 0 Å². The molecule has 0 fully saturated rings. The molecule has 6 heteroatoms. The van der Waals surface area contributed by atoms with Gasteiger partial charge in [-0.1, -0.05) is 0 Å². The maximum absolute atomic E-state index is 11.4. The van der Waals surface area contributed by atoms with E-state index in [1.54, 1.807) is 13.8 Å². The highest BCUT2D eigenvalue weighted by molar-refractivity contribution is 5.90. The molecule has 2 heterocycles. The number of nitrogens with zero attached hydrogens (tertiary/aromatic N) is 4. The Labute approximate surface area is 85.9 Å². The van der Waals surface area contributed by atoms with Crippen molar-refractivity contribution in [2.45, 2.75) is 13.8 Å². The van der Waals surface area contributed by atoms with Gasteiger partial charge >= 0.3 is 5.97 Å². The molecule has 2 rings (SSSR count). The summed E-state index contributed by atoms with van der Waals surface area (Å²) >= 11 is 0. The number of aromatic nitrogens is 4. The predicted octanol–water partition coefficient (Wildman–Crippen LogP) is 0.528. The number of hydrogen-bond donors (Lipinski definition) is 0. The second-order valence-electron chi connectivity index (χ2n) is 3.12. The van der Waals surface area contributed by atoms with Crippen LogP contribution in [0.15, 0.2) is 6.20 Å². The second kappa shape index (κ2) is 3.30. The van der Waals surface area contributed by atoms with Crippen molar-refractivity contribution in [1.82, 2.24) is 19.6 Å². The SMILES string of the molecule is COC(=O)c1cnc2nc(C)nn2c1C. The lowest BCUT2D eigenvalue weighted by molar-refractivity contribution is 0.0598. The van der Waals surface area contributed by atoms with Crippen molar-refractivity contribution in [1.29, 1.82) is 0 Å². The van der Waals surface area contributed by atoms with Gasteiger partial charge in [0.1, 0.15) is 5.82 Å². The van der Waals surface area contributed by atoms with Crippen molar-refractivity contribution in [3.8, 4) is 0 Å². The van der Waals surface area contributed by atoms with E-state index in [9.17, 15) is 4.79 Å². The lowest BCUT2D eigenvalue weighted by atomic mass is 10.2. The molecule has 0 aliphatic carbocycles. The fourth-order valence-corrected chi connectivity index (χ4v) is 1.35. The minimum absolute atomic E-state index is 0.398.